The number of quaternary nitrogens is 1. The van der Waals surface area contributed by atoms with Crippen molar-refractivity contribution in [2.24, 2.45) is 5.92 Å². The maximum absolute atomic E-state index is 13.6. The van der Waals surface area contributed by atoms with Crippen LogP contribution in [0.3, 0.4) is 0 Å². The van der Waals surface area contributed by atoms with Gasteiger partial charge in [0.15, 0.2) is 18.5 Å². The standard InChI is InChI=1S/C25H32N4O4/c30-23(26-22-11-16-32-27-22)18-29-14-9-19(10-15-29)21(17-29)33-25(31)24(20-7-3-1-4-8-20)28-12-5-2-6-13-28/h1,3-4,7-8,11,16,19,21,24H,2,5-6,9-10,12-15,17-18H2/p+1/t19?,21-,24?,29?/m0/s1. The van der Waals surface area contributed by atoms with Gasteiger partial charge in [0, 0.05) is 24.8 Å². The molecule has 2 atom stereocenters. The van der Waals surface area contributed by atoms with Crippen LogP contribution in [0.25, 0.3) is 0 Å². The third-order valence-electron chi connectivity index (χ3n) is 7.59. The van der Waals surface area contributed by atoms with E-state index in [0.29, 0.717) is 29.3 Å². The number of rotatable bonds is 7. The Kier molecular flexibility index (Phi) is 6.46. The molecule has 176 valence electrons. The number of hydrogen-bond donors (Lipinski definition) is 1. The fraction of sp³-hybridized carbons (Fsp3) is 0.560. The maximum atomic E-state index is 13.6. The SMILES string of the molecule is O=C(C[N+]12CCC(CC1)[C@@H](OC(=O)C(c1ccccc1)N1CCCCC1)C2)Nc1ccon1. The van der Waals surface area contributed by atoms with Gasteiger partial charge in [-0.05, 0) is 31.5 Å². The van der Waals surface area contributed by atoms with Crippen LogP contribution in [0, 0.1) is 5.92 Å². The predicted octanol–water partition coefficient (Wildman–Crippen LogP) is 2.99. The smallest absolute Gasteiger partial charge is 0.328 e. The van der Waals surface area contributed by atoms with Gasteiger partial charge >= 0.3 is 5.97 Å². The first kappa shape index (κ1) is 22.1. The Morgan fingerprint density at radius 2 is 1.88 bits per heavy atom. The monoisotopic (exact) mass is 453 g/mol. The molecule has 1 N–H and O–H groups in total. The predicted molar refractivity (Wildman–Crippen MR) is 122 cm³/mol. The fourth-order valence-electron chi connectivity index (χ4n) is 5.86. The van der Waals surface area contributed by atoms with Gasteiger partial charge in [-0.2, -0.15) is 0 Å². The van der Waals surface area contributed by atoms with Crippen LogP contribution in [-0.2, 0) is 14.3 Å². The average molecular weight is 454 g/mol. The van der Waals surface area contributed by atoms with Gasteiger partial charge in [0.25, 0.3) is 5.91 Å². The molecular formula is C25H33N4O4+. The second-order valence-electron chi connectivity index (χ2n) is 9.79. The number of anilines is 1. The van der Waals surface area contributed by atoms with Crippen molar-refractivity contribution in [3.8, 4) is 0 Å². The Balaban J connectivity index is 1.27. The van der Waals surface area contributed by atoms with Gasteiger partial charge in [-0.15, -0.1) is 0 Å². The first-order chi connectivity index (χ1) is 16.1. The van der Waals surface area contributed by atoms with Crippen LogP contribution < -0.4 is 5.32 Å². The van der Waals surface area contributed by atoms with Crippen LogP contribution in [0.15, 0.2) is 47.2 Å². The molecule has 4 saturated heterocycles. The Hall–Kier alpha value is -2.71. The molecule has 1 aromatic carbocycles. The molecule has 2 bridgehead atoms. The molecule has 0 spiro atoms. The van der Waals surface area contributed by atoms with E-state index in [2.05, 4.69) is 15.4 Å². The molecule has 4 aliphatic rings. The van der Waals surface area contributed by atoms with Gasteiger partial charge in [-0.25, -0.2) is 4.79 Å². The third kappa shape index (κ3) is 4.96. The van der Waals surface area contributed by atoms with Gasteiger partial charge in [0.1, 0.15) is 18.8 Å². The van der Waals surface area contributed by atoms with Crippen LogP contribution in [0.1, 0.15) is 43.7 Å². The van der Waals surface area contributed by atoms with E-state index in [-0.39, 0.29) is 24.0 Å². The number of amides is 1. The molecule has 1 aromatic heterocycles. The van der Waals surface area contributed by atoms with Crippen molar-refractivity contribution in [1.29, 1.82) is 0 Å². The zero-order valence-corrected chi connectivity index (χ0v) is 19.0. The number of likely N-dealkylation sites (tertiary alicyclic amines) is 1. The Labute approximate surface area is 194 Å². The summed E-state index contributed by atoms with van der Waals surface area (Å²) in [6.07, 6.45) is 6.70. The van der Waals surface area contributed by atoms with E-state index in [0.717, 1.165) is 57.4 Å². The van der Waals surface area contributed by atoms with Crippen LogP contribution in [-0.4, -0.2) is 71.8 Å². The number of nitrogens with one attached hydrogen (secondary N) is 1. The number of carbonyl (C=O) groups is 2. The summed E-state index contributed by atoms with van der Waals surface area (Å²) in [5.74, 6) is 0.586. The van der Waals surface area contributed by atoms with Gasteiger partial charge in [0.2, 0.25) is 0 Å². The molecule has 2 aromatic rings. The number of esters is 1. The molecule has 0 aliphatic carbocycles. The molecule has 0 radical (unpaired) electrons. The minimum absolute atomic E-state index is 0.0789. The minimum Gasteiger partial charge on any atom is -0.455 e. The first-order valence-corrected chi connectivity index (χ1v) is 12.2. The summed E-state index contributed by atoms with van der Waals surface area (Å²) in [6.45, 7) is 4.79. The fourth-order valence-corrected chi connectivity index (χ4v) is 5.86. The van der Waals surface area contributed by atoms with E-state index in [1.165, 1.54) is 12.7 Å². The Morgan fingerprint density at radius 1 is 1.12 bits per heavy atom. The van der Waals surface area contributed by atoms with E-state index >= 15 is 0 Å². The van der Waals surface area contributed by atoms with Crippen molar-refractivity contribution >= 4 is 17.7 Å². The molecule has 4 aliphatic heterocycles. The quantitative estimate of drug-likeness (QED) is 0.513. The zero-order chi connectivity index (χ0) is 22.7. The van der Waals surface area contributed by atoms with E-state index in [1.54, 1.807) is 6.07 Å². The number of nitrogens with zero attached hydrogens (tertiary/aromatic N) is 3. The first-order valence-electron chi connectivity index (χ1n) is 12.2. The van der Waals surface area contributed by atoms with Crippen molar-refractivity contribution in [3.05, 3.63) is 48.2 Å². The number of ether oxygens (including phenoxy) is 1. The van der Waals surface area contributed by atoms with E-state index in [9.17, 15) is 9.59 Å². The number of benzene rings is 1. The summed E-state index contributed by atoms with van der Waals surface area (Å²) in [7, 11) is 0. The van der Waals surface area contributed by atoms with Gasteiger partial charge in [-0.3, -0.25) is 9.69 Å². The second-order valence-corrected chi connectivity index (χ2v) is 9.79. The molecule has 4 fully saturated rings. The molecule has 33 heavy (non-hydrogen) atoms. The van der Waals surface area contributed by atoms with Gasteiger partial charge in [0.05, 0.1) is 13.1 Å². The lowest BCUT2D eigenvalue weighted by molar-refractivity contribution is -0.939. The number of fused-ring (bicyclic) bond motifs is 3. The molecule has 8 nitrogen and oxygen atoms in total. The van der Waals surface area contributed by atoms with Crippen molar-refractivity contribution < 1.29 is 23.3 Å². The molecule has 1 unspecified atom stereocenters. The molecule has 1 amide bonds. The normalized spacial score (nSPS) is 28.2. The minimum atomic E-state index is -0.356. The lowest BCUT2D eigenvalue weighted by atomic mass is 9.83. The number of carbonyl (C=O) groups excluding carboxylic acids is 2. The lowest BCUT2D eigenvalue weighted by Crippen LogP contribution is -2.66. The van der Waals surface area contributed by atoms with Gasteiger partial charge in [-0.1, -0.05) is 41.9 Å². The van der Waals surface area contributed by atoms with E-state index in [1.807, 2.05) is 30.3 Å². The third-order valence-corrected chi connectivity index (χ3v) is 7.59. The van der Waals surface area contributed by atoms with E-state index < -0.39 is 0 Å². The average Bonchev–Trinajstić information content (AvgIpc) is 3.34. The van der Waals surface area contributed by atoms with Crippen LogP contribution in [0.2, 0.25) is 0 Å². The molecular weight excluding hydrogens is 420 g/mol. The summed E-state index contributed by atoms with van der Waals surface area (Å²) in [5, 5.41) is 6.58. The second kappa shape index (κ2) is 9.65. The van der Waals surface area contributed by atoms with E-state index in [4.69, 9.17) is 9.26 Å². The highest BCUT2D eigenvalue weighted by Crippen LogP contribution is 2.37. The Bertz CT molecular complexity index is 935. The van der Waals surface area contributed by atoms with Crippen molar-refractivity contribution in [1.82, 2.24) is 10.1 Å². The summed E-state index contributed by atoms with van der Waals surface area (Å²) in [4.78, 5) is 28.5. The van der Waals surface area contributed by atoms with Crippen molar-refractivity contribution in [3.63, 3.8) is 0 Å². The molecule has 0 saturated carbocycles. The number of piperidine rings is 4. The topological polar surface area (TPSA) is 84.7 Å². The molecule has 5 heterocycles. The zero-order valence-electron chi connectivity index (χ0n) is 19.0. The summed E-state index contributed by atoms with van der Waals surface area (Å²) in [6, 6.07) is 11.3. The summed E-state index contributed by atoms with van der Waals surface area (Å²) in [5.41, 5.74) is 1.00. The van der Waals surface area contributed by atoms with Crippen LogP contribution in [0.5, 0.6) is 0 Å². The Morgan fingerprint density at radius 3 is 2.58 bits per heavy atom. The summed E-state index contributed by atoms with van der Waals surface area (Å²) >= 11 is 0. The summed E-state index contributed by atoms with van der Waals surface area (Å²) < 4.78 is 11.7. The lowest BCUT2D eigenvalue weighted by Gasteiger charge is -2.51. The highest BCUT2D eigenvalue weighted by atomic mass is 16.5. The highest BCUT2D eigenvalue weighted by Gasteiger charge is 2.49. The number of hydrogen-bond acceptors (Lipinski definition) is 6. The molecule has 6 rings (SSSR count). The highest BCUT2D eigenvalue weighted by molar-refractivity contribution is 5.90. The number of aromatic nitrogens is 1. The van der Waals surface area contributed by atoms with Gasteiger partial charge < -0.3 is 19.1 Å². The van der Waals surface area contributed by atoms with Crippen molar-refractivity contribution in [2.75, 3.05) is 44.6 Å². The van der Waals surface area contributed by atoms with Crippen LogP contribution in [0.4, 0.5) is 5.82 Å². The van der Waals surface area contributed by atoms with Crippen LogP contribution >= 0.6 is 0 Å². The largest absolute Gasteiger partial charge is 0.455 e. The molecule has 8 heteroatoms. The van der Waals surface area contributed by atoms with Crippen molar-refractivity contribution in [2.45, 2.75) is 44.2 Å². The maximum Gasteiger partial charge on any atom is 0.328 e.